The van der Waals surface area contributed by atoms with E-state index < -0.39 is 0 Å². The second-order valence-corrected chi connectivity index (χ2v) is 13.6. The molecule has 7 heteroatoms. The Morgan fingerprint density at radius 2 is 1.63 bits per heavy atom. The van der Waals surface area contributed by atoms with Crippen LogP contribution in [0.2, 0.25) is 0 Å². The minimum absolute atomic E-state index is 0.0677. The highest BCUT2D eigenvalue weighted by atomic mass is 16.2. The van der Waals surface area contributed by atoms with Crippen LogP contribution in [0.15, 0.2) is 30.3 Å². The van der Waals surface area contributed by atoms with Gasteiger partial charge in [-0.1, -0.05) is 39.0 Å². The summed E-state index contributed by atoms with van der Waals surface area (Å²) in [6.45, 7) is 9.78. The van der Waals surface area contributed by atoms with Gasteiger partial charge in [-0.25, -0.2) is 4.68 Å². The number of aryl methyl sites for hydroxylation is 1. The van der Waals surface area contributed by atoms with Crippen LogP contribution in [0.1, 0.15) is 70.6 Å². The minimum Gasteiger partial charge on any atom is -0.332 e. The molecule has 1 aromatic heterocycles. The zero-order valence-corrected chi connectivity index (χ0v) is 24.1. The van der Waals surface area contributed by atoms with E-state index in [0.717, 1.165) is 42.8 Å². The van der Waals surface area contributed by atoms with E-state index in [1.807, 2.05) is 60.9 Å². The Bertz CT molecular complexity index is 1160. The average Bonchev–Trinajstić information content (AvgIpc) is 3.24. The second kappa shape index (κ2) is 10.1. The van der Waals surface area contributed by atoms with Crippen molar-refractivity contribution in [2.45, 2.75) is 71.6 Å². The van der Waals surface area contributed by atoms with E-state index >= 15 is 0 Å². The lowest BCUT2D eigenvalue weighted by Gasteiger charge is -2.56. The predicted octanol–water partition coefficient (Wildman–Crippen LogP) is 5.02. The first-order valence-electron chi connectivity index (χ1n) is 14.3. The molecule has 206 valence electrons. The summed E-state index contributed by atoms with van der Waals surface area (Å²) in [7, 11) is 4.03. The third kappa shape index (κ3) is 5.40. The maximum absolute atomic E-state index is 14.2. The first-order chi connectivity index (χ1) is 17.9. The van der Waals surface area contributed by atoms with E-state index in [0.29, 0.717) is 30.1 Å². The van der Waals surface area contributed by atoms with Gasteiger partial charge in [0.1, 0.15) is 5.82 Å². The molecule has 2 amide bonds. The number of aromatic nitrogens is 2. The highest BCUT2D eigenvalue weighted by molar-refractivity contribution is 5.95. The quantitative estimate of drug-likeness (QED) is 0.532. The van der Waals surface area contributed by atoms with Crippen LogP contribution in [0.25, 0.3) is 5.69 Å². The van der Waals surface area contributed by atoms with Gasteiger partial charge < -0.3 is 15.1 Å². The van der Waals surface area contributed by atoms with Crippen LogP contribution in [0.3, 0.4) is 0 Å². The Morgan fingerprint density at radius 3 is 2.18 bits per heavy atom. The number of hydrogen-bond donors (Lipinski definition) is 1. The standard InChI is InChI=1S/C31H45N5O2/c1-21-9-7-8-10-25(21)36-27(16-26(33-36)30(2,3)4)32-28(37)20-35(12-11-34(5)6)29(38)31-17-22-13-23(18-31)15-24(14-22)19-31/h7-10,16,22-24H,11-15,17-20H2,1-6H3,(H,32,37). The summed E-state index contributed by atoms with van der Waals surface area (Å²) in [6.07, 6.45) is 6.91. The molecule has 0 saturated heterocycles. The maximum atomic E-state index is 14.2. The van der Waals surface area contributed by atoms with Crippen molar-refractivity contribution in [3.05, 3.63) is 41.6 Å². The Morgan fingerprint density at radius 1 is 1.03 bits per heavy atom. The van der Waals surface area contributed by atoms with E-state index in [1.165, 1.54) is 19.3 Å². The number of hydrogen-bond acceptors (Lipinski definition) is 4. The number of nitrogens with zero attached hydrogens (tertiary/aromatic N) is 4. The lowest BCUT2D eigenvalue weighted by Crippen LogP contribution is -2.56. The summed E-state index contributed by atoms with van der Waals surface area (Å²) in [5.41, 5.74) is 2.50. The van der Waals surface area contributed by atoms with Gasteiger partial charge in [-0.3, -0.25) is 9.59 Å². The number of anilines is 1. The third-order valence-electron chi connectivity index (χ3n) is 9.02. The van der Waals surface area contributed by atoms with Crippen molar-refractivity contribution in [3.8, 4) is 5.69 Å². The molecule has 4 saturated carbocycles. The molecule has 0 spiro atoms. The molecule has 4 aliphatic rings. The highest BCUT2D eigenvalue weighted by Gasteiger charge is 2.55. The normalized spacial score (nSPS) is 26.1. The summed E-state index contributed by atoms with van der Waals surface area (Å²) in [5.74, 6) is 2.74. The van der Waals surface area contributed by atoms with Gasteiger partial charge >= 0.3 is 0 Å². The molecule has 38 heavy (non-hydrogen) atoms. The van der Waals surface area contributed by atoms with Gasteiger partial charge in [0.25, 0.3) is 0 Å². The fourth-order valence-corrected chi connectivity index (χ4v) is 7.46. The summed E-state index contributed by atoms with van der Waals surface area (Å²) < 4.78 is 1.83. The van der Waals surface area contributed by atoms with Crippen molar-refractivity contribution in [2.75, 3.05) is 39.0 Å². The Kier molecular flexibility index (Phi) is 7.18. The Labute approximate surface area is 227 Å². The molecule has 4 fully saturated rings. The van der Waals surface area contributed by atoms with Gasteiger partial charge in [-0.05, 0) is 88.9 Å². The van der Waals surface area contributed by atoms with Crippen LogP contribution in [0, 0.1) is 30.1 Å². The smallest absolute Gasteiger partial charge is 0.245 e. The molecular formula is C31H45N5O2. The fourth-order valence-electron chi connectivity index (χ4n) is 7.46. The number of nitrogens with one attached hydrogen (secondary N) is 1. The molecule has 6 rings (SSSR count). The SMILES string of the molecule is Cc1ccccc1-n1nc(C(C)(C)C)cc1NC(=O)CN(CCN(C)C)C(=O)C12CC3CC(CC(C3)C1)C2. The predicted molar refractivity (Wildman–Crippen MR) is 151 cm³/mol. The summed E-state index contributed by atoms with van der Waals surface area (Å²) >= 11 is 0. The summed E-state index contributed by atoms with van der Waals surface area (Å²) in [5, 5.41) is 8.01. The molecule has 7 nitrogen and oxygen atoms in total. The van der Waals surface area contributed by atoms with Crippen molar-refractivity contribution in [2.24, 2.45) is 23.2 Å². The number of carbonyl (C=O) groups excluding carboxylic acids is 2. The van der Waals surface area contributed by atoms with Crippen molar-refractivity contribution in [3.63, 3.8) is 0 Å². The molecule has 0 unspecified atom stereocenters. The molecule has 4 bridgehead atoms. The number of benzene rings is 1. The van der Waals surface area contributed by atoms with E-state index in [1.54, 1.807) is 0 Å². The van der Waals surface area contributed by atoms with E-state index in [9.17, 15) is 9.59 Å². The van der Waals surface area contributed by atoms with Gasteiger partial charge in [-0.15, -0.1) is 0 Å². The van der Waals surface area contributed by atoms with Crippen molar-refractivity contribution < 1.29 is 9.59 Å². The van der Waals surface area contributed by atoms with Gasteiger partial charge in [0.15, 0.2) is 0 Å². The van der Waals surface area contributed by atoms with Crippen LogP contribution in [0.4, 0.5) is 5.82 Å². The number of amides is 2. The summed E-state index contributed by atoms with van der Waals surface area (Å²) in [4.78, 5) is 31.7. The zero-order chi connectivity index (χ0) is 27.2. The van der Waals surface area contributed by atoms with Gasteiger partial charge in [0.2, 0.25) is 11.8 Å². The number of para-hydroxylation sites is 1. The topological polar surface area (TPSA) is 70.5 Å². The highest BCUT2D eigenvalue weighted by Crippen LogP contribution is 2.60. The molecule has 0 atom stereocenters. The lowest BCUT2D eigenvalue weighted by molar-refractivity contribution is -0.158. The van der Waals surface area contributed by atoms with Gasteiger partial charge in [0.05, 0.1) is 23.3 Å². The number of likely N-dealkylation sites (N-methyl/N-ethyl adjacent to an activating group) is 1. The Balaban J connectivity index is 1.38. The minimum atomic E-state index is -0.260. The van der Waals surface area contributed by atoms with Crippen molar-refractivity contribution in [1.82, 2.24) is 19.6 Å². The third-order valence-corrected chi connectivity index (χ3v) is 9.02. The zero-order valence-electron chi connectivity index (χ0n) is 24.1. The van der Waals surface area contributed by atoms with Crippen LogP contribution < -0.4 is 5.32 Å². The van der Waals surface area contributed by atoms with Gasteiger partial charge in [0, 0.05) is 24.6 Å². The van der Waals surface area contributed by atoms with Gasteiger partial charge in [-0.2, -0.15) is 5.10 Å². The molecule has 0 aliphatic heterocycles. The first-order valence-corrected chi connectivity index (χ1v) is 14.3. The van der Waals surface area contributed by atoms with Crippen LogP contribution in [-0.2, 0) is 15.0 Å². The molecule has 4 aliphatic carbocycles. The summed E-state index contributed by atoms with van der Waals surface area (Å²) in [6, 6.07) is 10.0. The van der Waals surface area contributed by atoms with E-state index in [-0.39, 0.29) is 29.2 Å². The van der Waals surface area contributed by atoms with Crippen LogP contribution in [0.5, 0.6) is 0 Å². The molecule has 0 radical (unpaired) electrons. The van der Waals surface area contributed by atoms with Crippen molar-refractivity contribution in [1.29, 1.82) is 0 Å². The second-order valence-electron chi connectivity index (χ2n) is 13.6. The Hall–Kier alpha value is -2.67. The largest absolute Gasteiger partial charge is 0.332 e. The average molecular weight is 520 g/mol. The molecule has 1 aromatic carbocycles. The lowest BCUT2D eigenvalue weighted by atomic mass is 9.49. The first kappa shape index (κ1) is 26.9. The molecule has 1 N–H and O–H groups in total. The maximum Gasteiger partial charge on any atom is 0.245 e. The fraction of sp³-hybridized carbons (Fsp3) is 0.645. The van der Waals surface area contributed by atoms with E-state index in [2.05, 4.69) is 31.0 Å². The van der Waals surface area contributed by atoms with Crippen LogP contribution >= 0.6 is 0 Å². The number of rotatable bonds is 8. The molecule has 2 aromatic rings. The van der Waals surface area contributed by atoms with Crippen molar-refractivity contribution >= 4 is 17.6 Å². The molecule has 1 heterocycles. The van der Waals surface area contributed by atoms with E-state index in [4.69, 9.17) is 5.10 Å². The number of carbonyl (C=O) groups is 2. The molecular weight excluding hydrogens is 474 g/mol. The monoisotopic (exact) mass is 519 g/mol. The van der Waals surface area contributed by atoms with Crippen LogP contribution in [-0.4, -0.2) is 65.1 Å².